The van der Waals surface area contributed by atoms with Crippen molar-refractivity contribution in [3.63, 3.8) is 0 Å². The lowest BCUT2D eigenvalue weighted by atomic mass is 10.1. The average Bonchev–Trinajstić information content (AvgIpc) is 2.72. The fraction of sp³-hybridized carbons (Fsp3) is 0.0667. The highest BCUT2D eigenvalue weighted by molar-refractivity contribution is 7.99. The predicted molar refractivity (Wildman–Crippen MR) is 75.9 cm³/mol. The van der Waals surface area contributed by atoms with Crippen LogP contribution in [0.3, 0.4) is 0 Å². The summed E-state index contributed by atoms with van der Waals surface area (Å²) in [7, 11) is 0. The van der Waals surface area contributed by atoms with Gasteiger partial charge in [0, 0.05) is 4.90 Å². The molecule has 0 atom stereocenters. The Labute approximate surface area is 123 Å². The van der Waals surface area contributed by atoms with Crippen LogP contribution in [0.25, 0.3) is 0 Å². The smallest absolute Gasteiger partial charge is 0.268 e. The molecular weight excluding hydrogens is 296 g/mol. The number of benzene rings is 2. The summed E-state index contributed by atoms with van der Waals surface area (Å²) in [4.78, 5) is 25.9. The van der Waals surface area contributed by atoms with E-state index in [2.05, 4.69) is 0 Å². The Bertz CT molecular complexity index is 681. The summed E-state index contributed by atoms with van der Waals surface area (Å²) in [6.45, 7) is 0. The Morgan fingerprint density at radius 1 is 0.857 bits per heavy atom. The SMILES string of the molecule is O=C1c2ccccc2C(=O)N1c1ccc(SC(F)F)cc1. The van der Waals surface area contributed by atoms with Crippen LogP contribution in [0.1, 0.15) is 20.7 Å². The van der Waals surface area contributed by atoms with Crippen molar-refractivity contribution in [3.8, 4) is 0 Å². The molecule has 0 unspecified atom stereocenters. The maximum Gasteiger partial charge on any atom is 0.288 e. The van der Waals surface area contributed by atoms with E-state index in [1.165, 1.54) is 24.3 Å². The van der Waals surface area contributed by atoms with Crippen LogP contribution in [0.2, 0.25) is 0 Å². The van der Waals surface area contributed by atoms with Crippen LogP contribution in [0.5, 0.6) is 0 Å². The molecule has 0 saturated carbocycles. The minimum Gasteiger partial charge on any atom is -0.268 e. The number of hydrogen-bond acceptors (Lipinski definition) is 3. The molecule has 0 aromatic heterocycles. The minimum absolute atomic E-state index is 0.355. The summed E-state index contributed by atoms with van der Waals surface area (Å²) in [6.07, 6.45) is 0. The minimum atomic E-state index is -2.50. The average molecular weight is 305 g/mol. The zero-order chi connectivity index (χ0) is 15.0. The number of nitrogens with zero attached hydrogens (tertiary/aromatic N) is 1. The molecule has 1 aliphatic rings. The van der Waals surface area contributed by atoms with Crippen LogP contribution in [0.4, 0.5) is 14.5 Å². The van der Waals surface area contributed by atoms with Crippen molar-refractivity contribution < 1.29 is 18.4 Å². The van der Waals surface area contributed by atoms with E-state index in [9.17, 15) is 18.4 Å². The van der Waals surface area contributed by atoms with Gasteiger partial charge in [-0.2, -0.15) is 8.78 Å². The van der Waals surface area contributed by atoms with Crippen LogP contribution >= 0.6 is 11.8 Å². The summed E-state index contributed by atoms with van der Waals surface area (Å²) in [5.74, 6) is -3.30. The number of halogens is 2. The van der Waals surface area contributed by atoms with Gasteiger partial charge in [-0.15, -0.1) is 0 Å². The standard InChI is InChI=1S/C15H9F2NO2S/c16-15(17)21-10-7-5-9(6-8-10)18-13(19)11-3-1-2-4-12(11)14(18)20/h1-8,15H. The molecule has 6 heteroatoms. The molecule has 0 radical (unpaired) electrons. The summed E-state index contributed by atoms with van der Waals surface area (Å²) in [5.41, 5.74) is 1.09. The van der Waals surface area contributed by atoms with Crippen molar-refractivity contribution in [1.29, 1.82) is 0 Å². The lowest BCUT2D eigenvalue weighted by Crippen LogP contribution is -2.29. The first-order chi connectivity index (χ1) is 10.1. The van der Waals surface area contributed by atoms with Crippen molar-refractivity contribution in [2.75, 3.05) is 4.90 Å². The Morgan fingerprint density at radius 3 is 1.86 bits per heavy atom. The van der Waals surface area contributed by atoms with E-state index >= 15 is 0 Å². The van der Waals surface area contributed by atoms with E-state index in [0.717, 1.165) is 4.90 Å². The van der Waals surface area contributed by atoms with Gasteiger partial charge in [-0.3, -0.25) is 9.59 Å². The van der Waals surface area contributed by atoms with Crippen molar-refractivity contribution >= 4 is 29.3 Å². The highest BCUT2D eigenvalue weighted by Gasteiger charge is 2.36. The van der Waals surface area contributed by atoms with Crippen LogP contribution in [-0.4, -0.2) is 17.6 Å². The zero-order valence-electron chi connectivity index (χ0n) is 10.6. The van der Waals surface area contributed by atoms with Gasteiger partial charge in [-0.1, -0.05) is 23.9 Å². The van der Waals surface area contributed by atoms with E-state index in [4.69, 9.17) is 0 Å². The van der Waals surface area contributed by atoms with E-state index in [1.807, 2.05) is 0 Å². The molecule has 0 fully saturated rings. The molecule has 3 rings (SSSR count). The van der Waals surface area contributed by atoms with Crippen molar-refractivity contribution in [3.05, 3.63) is 59.7 Å². The van der Waals surface area contributed by atoms with Gasteiger partial charge in [-0.05, 0) is 36.4 Å². The molecular formula is C15H9F2NO2S. The second-order valence-electron chi connectivity index (χ2n) is 4.36. The Morgan fingerprint density at radius 2 is 1.38 bits per heavy atom. The van der Waals surface area contributed by atoms with E-state index in [1.54, 1.807) is 24.3 Å². The molecule has 3 nitrogen and oxygen atoms in total. The number of rotatable bonds is 3. The second kappa shape index (κ2) is 5.29. The summed E-state index contributed by atoms with van der Waals surface area (Å²) in [5, 5.41) is 0. The van der Waals surface area contributed by atoms with Crippen LogP contribution in [0.15, 0.2) is 53.4 Å². The number of anilines is 1. The number of carbonyl (C=O) groups excluding carboxylic acids is 2. The number of hydrogen-bond donors (Lipinski definition) is 0. The normalized spacial score (nSPS) is 14.0. The first-order valence-corrected chi connectivity index (χ1v) is 6.98. The third kappa shape index (κ3) is 2.42. The van der Waals surface area contributed by atoms with Gasteiger partial charge in [0.2, 0.25) is 0 Å². The quantitative estimate of drug-likeness (QED) is 0.639. The first-order valence-electron chi connectivity index (χ1n) is 6.10. The lowest BCUT2D eigenvalue weighted by molar-refractivity contribution is 0.0926. The van der Waals surface area contributed by atoms with E-state index in [-0.39, 0.29) is 0 Å². The zero-order valence-corrected chi connectivity index (χ0v) is 11.4. The largest absolute Gasteiger partial charge is 0.288 e. The maximum absolute atomic E-state index is 12.3. The van der Waals surface area contributed by atoms with Gasteiger partial charge in [-0.25, -0.2) is 4.90 Å². The Balaban J connectivity index is 1.92. The van der Waals surface area contributed by atoms with Gasteiger partial charge in [0.25, 0.3) is 17.6 Å². The molecule has 2 aromatic rings. The van der Waals surface area contributed by atoms with Crippen LogP contribution in [0, 0.1) is 0 Å². The number of alkyl halides is 2. The predicted octanol–water partition coefficient (Wildman–Crippen LogP) is 3.80. The Kier molecular flexibility index (Phi) is 3.47. The highest BCUT2D eigenvalue weighted by Crippen LogP contribution is 2.31. The molecule has 0 N–H and O–H groups in total. The molecule has 21 heavy (non-hydrogen) atoms. The number of fused-ring (bicyclic) bond motifs is 1. The molecule has 0 spiro atoms. The van der Waals surface area contributed by atoms with E-state index < -0.39 is 17.6 Å². The molecule has 2 amide bonds. The summed E-state index contributed by atoms with van der Waals surface area (Å²) in [6, 6.07) is 12.5. The van der Waals surface area contributed by atoms with Crippen LogP contribution in [-0.2, 0) is 0 Å². The monoisotopic (exact) mass is 305 g/mol. The first kappa shape index (κ1) is 13.8. The number of thioether (sulfide) groups is 1. The fourth-order valence-electron chi connectivity index (χ4n) is 2.20. The molecule has 0 aliphatic carbocycles. The fourth-order valence-corrected chi connectivity index (χ4v) is 2.70. The number of amides is 2. The van der Waals surface area contributed by atoms with Gasteiger partial charge in [0.05, 0.1) is 16.8 Å². The molecule has 2 aromatic carbocycles. The van der Waals surface area contributed by atoms with Crippen molar-refractivity contribution in [2.24, 2.45) is 0 Å². The molecule has 0 bridgehead atoms. The van der Waals surface area contributed by atoms with E-state index in [0.29, 0.717) is 33.5 Å². The second-order valence-corrected chi connectivity index (χ2v) is 5.43. The van der Waals surface area contributed by atoms with Gasteiger partial charge >= 0.3 is 0 Å². The topological polar surface area (TPSA) is 37.4 Å². The van der Waals surface area contributed by atoms with Gasteiger partial charge in [0.15, 0.2) is 0 Å². The summed E-state index contributed by atoms with van der Waals surface area (Å²) >= 11 is 0.417. The van der Waals surface area contributed by atoms with Gasteiger partial charge in [0.1, 0.15) is 0 Å². The molecule has 106 valence electrons. The number of imide groups is 1. The lowest BCUT2D eigenvalue weighted by Gasteiger charge is -2.14. The molecule has 1 heterocycles. The number of carbonyl (C=O) groups is 2. The third-order valence-corrected chi connectivity index (χ3v) is 3.84. The Hall–Kier alpha value is -2.21. The summed E-state index contributed by atoms with van der Waals surface area (Å²) < 4.78 is 24.5. The van der Waals surface area contributed by atoms with Gasteiger partial charge < -0.3 is 0 Å². The molecule has 0 saturated heterocycles. The maximum atomic E-state index is 12.3. The van der Waals surface area contributed by atoms with Crippen LogP contribution < -0.4 is 4.90 Å². The van der Waals surface area contributed by atoms with Crippen molar-refractivity contribution in [2.45, 2.75) is 10.7 Å². The third-order valence-electron chi connectivity index (χ3n) is 3.11. The highest BCUT2D eigenvalue weighted by atomic mass is 32.2. The molecule has 1 aliphatic heterocycles. The van der Waals surface area contributed by atoms with Crippen molar-refractivity contribution in [1.82, 2.24) is 0 Å².